The Morgan fingerprint density at radius 3 is 2.09 bits per heavy atom. The third-order valence-corrected chi connectivity index (χ3v) is 9.41. The van der Waals surface area contributed by atoms with Gasteiger partial charge < -0.3 is 5.11 Å². The zero-order valence-electron chi connectivity index (χ0n) is 13.1. The Bertz CT molecular complexity index is 841. The lowest BCUT2D eigenvalue weighted by atomic mass is 9.83. The summed E-state index contributed by atoms with van der Waals surface area (Å²) in [6.45, 7) is 5.36. The zero-order chi connectivity index (χ0) is 17.6. The van der Waals surface area contributed by atoms with Gasteiger partial charge in [0.15, 0.2) is 29.2 Å². The summed E-state index contributed by atoms with van der Waals surface area (Å²) < 4.78 is 48.5. The van der Waals surface area contributed by atoms with Crippen LogP contribution in [-0.2, 0) is 19.7 Å². The highest BCUT2D eigenvalue weighted by molar-refractivity contribution is 8.09. The molecule has 0 bridgehead atoms. The minimum absolute atomic E-state index is 0.0667. The van der Waals surface area contributed by atoms with Crippen molar-refractivity contribution >= 4 is 25.4 Å². The number of diazo groups is 1. The van der Waals surface area contributed by atoms with Crippen LogP contribution in [0.1, 0.15) is 30.9 Å². The van der Waals surface area contributed by atoms with E-state index in [0.717, 1.165) is 12.1 Å². The van der Waals surface area contributed by atoms with Crippen molar-refractivity contribution in [3.63, 3.8) is 0 Å². The molecular weight excluding hydrogens is 340 g/mol. The first kappa shape index (κ1) is 17.7. The lowest BCUT2D eigenvalue weighted by molar-refractivity contribution is -0.269. The van der Waals surface area contributed by atoms with Gasteiger partial charge in [0.2, 0.25) is 5.39 Å². The van der Waals surface area contributed by atoms with E-state index in [4.69, 9.17) is 5.39 Å². The summed E-state index contributed by atoms with van der Waals surface area (Å²) in [4.78, 5) is 2.89. The molecule has 1 aliphatic rings. The first-order valence-corrected chi connectivity index (χ1v) is 10.4. The highest BCUT2D eigenvalue weighted by Gasteiger charge is 2.49. The van der Waals surface area contributed by atoms with E-state index in [2.05, 4.69) is 4.98 Å². The molecule has 1 saturated heterocycles. The van der Waals surface area contributed by atoms with Gasteiger partial charge in [-0.05, 0) is 16.9 Å². The summed E-state index contributed by atoms with van der Waals surface area (Å²) in [5.74, 6) is -1.86. The molecule has 1 aromatic carbocycles. The van der Waals surface area contributed by atoms with E-state index in [1.54, 1.807) is 20.8 Å². The quantitative estimate of drug-likeness (QED) is 0.705. The maximum atomic E-state index is 12.6. The number of hydrogen-bond acceptors (Lipinski definition) is 6. The molecular formula is C14H18N2O5S2. The molecule has 0 amide bonds. The Labute approximate surface area is 135 Å². The smallest absolute Gasteiger partial charge is 0.385 e. The molecule has 9 heteroatoms. The van der Waals surface area contributed by atoms with Crippen molar-refractivity contribution < 1.29 is 21.9 Å². The standard InChI is InChI=1S/C14H18N2O5S2/c1-14(2,3)9-7-22(18,19)13(23(20,21)8-9)11-6-10(16-15)4-5-12(11)17/h4-6,9,13H,7-8H2,1-3H3. The van der Waals surface area contributed by atoms with Crippen LogP contribution in [0.5, 0.6) is 5.75 Å². The van der Waals surface area contributed by atoms with Gasteiger partial charge in [0.05, 0.1) is 11.5 Å². The van der Waals surface area contributed by atoms with Crippen LogP contribution in [0.2, 0.25) is 0 Å². The molecule has 7 nitrogen and oxygen atoms in total. The van der Waals surface area contributed by atoms with Crippen molar-refractivity contribution in [3.8, 4) is 5.75 Å². The van der Waals surface area contributed by atoms with Crippen molar-refractivity contribution in [2.45, 2.75) is 25.4 Å². The number of rotatable bonds is 1. The molecule has 0 atom stereocenters. The predicted octanol–water partition coefficient (Wildman–Crippen LogP) is 1.75. The van der Waals surface area contributed by atoms with Crippen LogP contribution < -0.4 is 5.11 Å². The van der Waals surface area contributed by atoms with E-state index in [9.17, 15) is 21.9 Å². The SMILES string of the molecule is CC(C)(C)C1CS(=O)(=O)C(c2cc([N+]#N)ccc2[O-])S(=O)(=O)C1. The third-order valence-electron chi connectivity index (χ3n) is 4.11. The van der Waals surface area contributed by atoms with Crippen LogP contribution >= 0.6 is 0 Å². The van der Waals surface area contributed by atoms with Crippen LogP contribution in [-0.4, -0.2) is 28.3 Å². The fourth-order valence-corrected chi connectivity index (χ4v) is 8.93. The molecule has 23 heavy (non-hydrogen) atoms. The minimum atomic E-state index is -4.08. The molecule has 0 aromatic heterocycles. The first-order valence-electron chi connectivity index (χ1n) is 6.98. The average molecular weight is 358 g/mol. The van der Waals surface area contributed by atoms with E-state index in [-0.39, 0.29) is 22.8 Å². The van der Waals surface area contributed by atoms with Gasteiger partial charge in [0.25, 0.3) is 0 Å². The molecule has 1 heterocycles. The number of benzene rings is 1. The minimum Gasteiger partial charge on any atom is -0.872 e. The molecule has 1 aromatic rings. The van der Waals surface area contributed by atoms with Gasteiger partial charge >= 0.3 is 5.69 Å². The molecule has 126 valence electrons. The summed E-state index contributed by atoms with van der Waals surface area (Å²) in [5, 5.41) is 20.8. The second kappa shape index (κ2) is 5.46. The predicted molar refractivity (Wildman–Crippen MR) is 83.9 cm³/mol. The normalized spacial score (nSPS) is 26.3. The average Bonchev–Trinajstić information content (AvgIpc) is 2.37. The van der Waals surface area contributed by atoms with E-state index in [0.29, 0.717) is 0 Å². The van der Waals surface area contributed by atoms with Gasteiger partial charge in [-0.1, -0.05) is 26.8 Å². The Morgan fingerprint density at radius 1 is 1.13 bits per heavy atom. The summed E-state index contributed by atoms with van der Waals surface area (Å²) in [6.07, 6.45) is 0. The molecule has 2 rings (SSSR count). The van der Waals surface area contributed by atoms with E-state index >= 15 is 0 Å². The maximum absolute atomic E-state index is 12.6. The van der Waals surface area contributed by atoms with Gasteiger partial charge in [-0.15, -0.1) is 5.75 Å². The lowest BCUT2D eigenvalue weighted by Crippen LogP contribution is -2.44. The fraction of sp³-hybridized carbons (Fsp3) is 0.571. The van der Waals surface area contributed by atoms with Crippen LogP contribution in [0, 0.1) is 16.7 Å². The zero-order valence-corrected chi connectivity index (χ0v) is 14.7. The van der Waals surface area contributed by atoms with Gasteiger partial charge in [-0.25, -0.2) is 16.8 Å². The molecule has 1 fully saturated rings. The van der Waals surface area contributed by atoms with Gasteiger partial charge in [0, 0.05) is 12.1 Å². The Morgan fingerprint density at radius 2 is 1.65 bits per heavy atom. The van der Waals surface area contributed by atoms with Crippen molar-refractivity contribution in [3.05, 3.63) is 28.7 Å². The van der Waals surface area contributed by atoms with Gasteiger partial charge in [0.1, 0.15) is 0 Å². The van der Waals surface area contributed by atoms with Crippen LogP contribution in [0.4, 0.5) is 5.69 Å². The van der Waals surface area contributed by atoms with E-state index < -0.39 is 41.3 Å². The highest BCUT2D eigenvalue weighted by Crippen LogP contribution is 2.44. The number of hydrogen-bond donors (Lipinski definition) is 0. The van der Waals surface area contributed by atoms with E-state index in [1.165, 1.54) is 6.07 Å². The summed E-state index contributed by atoms with van der Waals surface area (Å²) in [6, 6.07) is 3.21. The van der Waals surface area contributed by atoms with Gasteiger partial charge in [-0.2, -0.15) is 0 Å². The fourth-order valence-electron chi connectivity index (χ4n) is 2.68. The highest BCUT2D eigenvalue weighted by atomic mass is 32.3. The van der Waals surface area contributed by atoms with Crippen LogP contribution in [0.3, 0.4) is 0 Å². The largest absolute Gasteiger partial charge is 0.872 e. The van der Waals surface area contributed by atoms with Crippen molar-refractivity contribution in [1.29, 1.82) is 5.39 Å². The number of nitrogens with zero attached hydrogens (tertiary/aromatic N) is 2. The molecule has 0 unspecified atom stereocenters. The molecule has 0 radical (unpaired) electrons. The molecule has 0 aliphatic carbocycles. The van der Waals surface area contributed by atoms with Crippen LogP contribution in [0.15, 0.2) is 18.2 Å². The Balaban J connectivity index is 2.63. The third kappa shape index (κ3) is 3.33. The summed E-state index contributed by atoms with van der Waals surface area (Å²) >= 11 is 0. The summed E-state index contributed by atoms with van der Waals surface area (Å²) in [7, 11) is -8.15. The van der Waals surface area contributed by atoms with Crippen LogP contribution in [0.25, 0.3) is 4.98 Å². The second-order valence-corrected chi connectivity index (χ2v) is 11.4. The Hall–Kier alpha value is -1.66. The molecule has 1 aliphatic heterocycles. The van der Waals surface area contributed by atoms with E-state index in [1.807, 2.05) is 0 Å². The van der Waals surface area contributed by atoms with Crippen molar-refractivity contribution in [1.82, 2.24) is 0 Å². The van der Waals surface area contributed by atoms with Crippen molar-refractivity contribution in [2.75, 3.05) is 11.5 Å². The first-order chi connectivity index (χ1) is 10.4. The maximum Gasteiger partial charge on any atom is 0.385 e. The monoisotopic (exact) mass is 358 g/mol. The Kier molecular flexibility index (Phi) is 4.20. The molecule has 0 spiro atoms. The summed E-state index contributed by atoms with van der Waals surface area (Å²) in [5.41, 5.74) is -0.941. The second-order valence-electron chi connectivity index (χ2n) is 6.88. The molecule has 0 N–H and O–H groups in total. The molecule has 0 saturated carbocycles. The number of sulfone groups is 2. The van der Waals surface area contributed by atoms with Crippen molar-refractivity contribution in [2.24, 2.45) is 11.3 Å². The van der Waals surface area contributed by atoms with Gasteiger partial charge in [-0.3, -0.25) is 0 Å². The topological polar surface area (TPSA) is 119 Å². The lowest BCUT2D eigenvalue weighted by Gasteiger charge is -2.37.